The summed E-state index contributed by atoms with van der Waals surface area (Å²) >= 11 is 0. The van der Waals surface area contributed by atoms with Crippen molar-refractivity contribution in [2.24, 2.45) is 0 Å². The number of hydrogen-bond donors (Lipinski definition) is 0. The summed E-state index contributed by atoms with van der Waals surface area (Å²) in [6, 6.07) is 13.4. The van der Waals surface area contributed by atoms with Gasteiger partial charge in [-0.1, -0.05) is 23.8 Å². The Balaban J connectivity index is 1.50. The van der Waals surface area contributed by atoms with E-state index in [0.717, 1.165) is 36.5 Å². The van der Waals surface area contributed by atoms with Crippen LogP contribution in [0.3, 0.4) is 0 Å². The Morgan fingerprint density at radius 2 is 1.56 bits per heavy atom. The molecule has 2 aromatic carbocycles. The molecule has 1 aliphatic heterocycles. The molecular weight excluding hydrogens is 360 g/mol. The van der Waals surface area contributed by atoms with Gasteiger partial charge in [0.1, 0.15) is 12.4 Å². The van der Waals surface area contributed by atoms with E-state index in [4.69, 9.17) is 4.74 Å². The fourth-order valence-electron chi connectivity index (χ4n) is 3.14. The quantitative estimate of drug-likeness (QED) is 0.763. The summed E-state index contributed by atoms with van der Waals surface area (Å²) in [5, 5.41) is 0. The van der Waals surface area contributed by atoms with Crippen molar-refractivity contribution in [1.29, 1.82) is 0 Å². The largest absolute Gasteiger partial charge is 0.492 e. The lowest BCUT2D eigenvalue weighted by atomic mass is 10.1. The van der Waals surface area contributed by atoms with Gasteiger partial charge < -0.3 is 4.74 Å². The molecule has 0 spiro atoms. The van der Waals surface area contributed by atoms with Gasteiger partial charge in [-0.25, -0.2) is 8.42 Å². The maximum Gasteiger partial charge on any atom is 0.243 e. The van der Waals surface area contributed by atoms with E-state index in [2.05, 4.69) is 11.8 Å². The van der Waals surface area contributed by atoms with E-state index in [0.29, 0.717) is 24.6 Å². The molecule has 0 atom stereocenters. The number of hydrogen-bond acceptors (Lipinski definition) is 4. The first-order valence-corrected chi connectivity index (χ1v) is 10.8. The Morgan fingerprint density at radius 1 is 0.889 bits per heavy atom. The molecule has 0 bridgehead atoms. The third kappa shape index (κ3) is 4.89. The van der Waals surface area contributed by atoms with Crippen LogP contribution in [0.2, 0.25) is 0 Å². The van der Waals surface area contributed by atoms with E-state index in [1.807, 2.05) is 44.2 Å². The van der Waals surface area contributed by atoms with Crippen molar-refractivity contribution in [2.45, 2.75) is 25.7 Å². The minimum atomic E-state index is -3.42. The monoisotopic (exact) mass is 388 g/mol. The van der Waals surface area contributed by atoms with Crippen LogP contribution < -0.4 is 4.74 Å². The molecule has 3 rings (SSSR count). The van der Waals surface area contributed by atoms with Crippen molar-refractivity contribution in [2.75, 3.05) is 39.3 Å². The Morgan fingerprint density at radius 3 is 2.19 bits per heavy atom. The summed E-state index contributed by atoms with van der Waals surface area (Å²) in [5.41, 5.74) is 3.32. The lowest BCUT2D eigenvalue weighted by Crippen LogP contribution is -2.49. The van der Waals surface area contributed by atoms with Crippen molar-refractivity contribution in [1.82, 2.24) is 9.21 Å². The summed E-state index contributed by atoms with van der Waals surface area (Å²) in [4.78, 5) is 2.64. The Labute approximate surface area is 162 Å². The van der Waals surface area contributed by atoms with Crippen molar-refractivity contribution in [3.05, 3.63) is 59.2 Å². The smallest absolute Gasteiger partial charge is 0.243 e. The lowest BCUT2D eigenvalue weighted by Gasteiger charge is -2.33. The molecule has 6 heteroatoms. The van der Waals surface area contributed by atoms with Crippen LogP contribution in [0, 0.1) is 20.8 Å². The number of nitrogens with zero attached hydrogens (tertiary/aromatic N) is 2. The molecule has 0 N–H and O–H groups in total. The van der Waals surface area contributed by atoms with Gasteiger partial charge in [-0.3, -0.25) is 4.90 Å². The summed E-state index contributed by atoms with van der Waals surface area (Å²) < 4.78 is 33.1. The van der Waals surface area contributed by atoms with Gasteiger partial charge in [0.15, 0.2) is 0 Å². The van der Waals surface area contributed by atoms with Gasteiger partial charge in [0.05, 0.1) is 4.90 Å². The van der Waals surface area contributed by atoms with Crippen LogP contribution in [0.1, 0.15) is 16.7 Å². The number of sulfonamides is 1. The second kappa shape index (κ2) is 8.42. The summed E-state index contributed by atoms with van der Waals surface area (Å²) in [5.74, 6) is 0.872. The highest BCUT2D eigenvalue weighted by Crippen LogP contribution is 2.20. The number of benzene rings is 2. The van der Waals surface area contributed by atoms with Crippen molar-refractivity contribution < 1.29 is 13.2 Å². The Hall–Kier alpha value is -1.89. The number of piperazine rings is 1. The van der Waals surface area contributed by atoms with Crippen LogP contribution in [-0.2, 0) is 10.0 Å². The molecule has 0 amide bonds. The van der Waals surface area contributed by atoms with E-state index in [1.165, 1.54) is 5.56 Å². The number of ether oxygens (including phenoxy) is 1. The topological polar surface area (TPSA) is 49.9 Å². The second-order valence-corrected chi connectivity index (χ2v) is 9.09. The number of rotatable bonds is 6. The maximum absolute atomic E-state index is 12.9. The Kier molecular flexibility index (Phi) is 6.19. The molecular formula is C21H28N2O3S. The highest BCUT2D eigenvalue weighted by Gasteiger charge is 2.28. The normalized spacial score (nSPS) is 16.4. The molecule has 2 aromatic rings. The van der Waals surface area contributed by atoms with Crippen LogP contribution in [0.5, 0.6) is 5.75 Å². The van der Waals surface area contributed by atoms with Gasteiger partial charge in [0.25, 0.3) is 0 Å². The van der Waals surface area contributed by atoms with Crippen LogP contribution in [0.25, 0.3) is 0 Å². The summed E-state index contributed by atoms with van der Waals surface area (Å²) in [6.45, 7) is 9.86. The third-order valence-electron chi connectivity index (χ3n) is 5.14. The van der Waals surface area contributed by atoms with E-state index in [-0.39, 0.29) is 0 Å². The molecule has 1 saturated heterocycles. The fourth-order valence-corrected chi connectivity index (χ4v) is 4.65. The van der Waals surface area contributed by atoms with Gasteiger partial charge in [-0.05, 0) is 56.2 Å². The molecule has 27 heavy (non-hydrogen) atoms. The lowest BCUT2D eigenvalue weighted by molar-refractivity contribution is 0.159. The van der Waals surface area contributed by atoms with Crippen molar-refractivity contribution in [3.8, 4) is 5.75 Å². The molecule has 1 heterocycles. The van der Waals surface area contributed by atoms with Crippen LogP contribution in [0.15, 0.2) is 47.4 Å². The van der Waals surface area contributed by atoms with E-state index >= 15 is 0 Å². The Bertz CT molecular complexity index is 871. The molecule has 0 aromatic heterocycles. The molecule has 0 saturated carbocycles. The van der Waals surface area contributed by atoms with Gasteiger partial charge in [-0.2, -0.15) is 4.31 Å². The molecule has 0 radical (unpaired) electrons. The van der Waals surface area contributed by atoms with Gasteiger partial charge in [-0.15, -0.1) is 0 Å². The number of aryl methyl sites for hydroxylation is 3. The molecule has 0 unspecified atom stereocenters. The zero-order valence-electron chi connectivity index (χ0n) is 16.3. The highest BCUT2D eigenvalue weighted by atomic mass is 32.2. The van der Waals surface area contributed by atoms with Crippen molar-refractivity contribution in [3.63, 3.8) is 0 Å². The molecule has 5 nitrogen and oxygen atoms in total. The first-order valence-electron chi connectivity index (χ1n) is 9.35. The van der Waals surface area contributed by atoms with Crippen molar-refractivity contribution >= 4 is 10.0 Å². The summed E-state index contributed by atoms with van der Waals surface area (Å²) in [6.07, 6.45) is 0. The first kappa shape index (κ1) is 19.9. The minimum Gasteiger partial charge on any atom is -0.492 e. The van der Waals surface area contributed by atoms with Crippen LogP contribution in [0.4, 0.5) is 0 Å². The van der Waals surface area contributed by atoms with Gasteiger partial charge >= 0.3 is 0 Å². The van der Waals surface area contributed by atoms with E-state index in [1.54, 1.807) is 16.4 Å². The average molecular weight is 389 g/mol. The van der Waals surface area contributed by atoms with E-state index in [9.17, 15) is 8.42 Å². The SMILES string of the molecule is Cc1ccc(OCCN2CCN(S(=O)(=O)c3ccc(C)c(C)c3)CC2)cc1. The standard InChI is InChI=1S/C21H28N2O3S/c1-17-4-7-20(8-5-17)26-15-14-22-10-12-23(13-11-22)27(24,25)21-9-6-18(2)19(3)16-21/h4-9,16H,10-15H2,1-3H3. The zero-order valence-corrected chi connectivity index (χ0v) is 17.1. The average Bonchev–Trinajstić information content (AvgIpc) is 2.66. The zero-order chi connectivity index (χ0) is 19.4. The second-order valence-electron chi connectivity index (χ2n) is 7.15. The van der Waals surface area contributed by atoms with E-state index < -0.39 is 10.0 Å². The maximum atomic E-state index is 12.9. The fraction of sp³-hybridized carbons (Fsp3) is 0.429. The molecule has 146 valence electrons. The highest BCUT2D eigenvalue weighted by molar-refractivity contribution is 7.89. The predicted molar refractivity (Wildman–Crippen MR) is 108 cm³/mol. The van der Waals surface area contributed by atoms with Crippen LogP contribution in [-0.4, -0.2) is 57.0 Å². The molecule has 1 fully saturated rings. The first-order chi connectivity index (χ1) is 12.9. The third-order valence-corrected chi connectivity index (χ3v) is 7.04. The molecule has 0 aliphatic carbocycles. The molecule has 1 aliphatic rings. The predicted octanol–water partition coefficient (Wildman–Crippen LogP) is 3.00. The van der Waals surface area contributed by atoms with Crippen LogP contribution >= 0.6 is 0 Å². The van der Waals surface area contributed by atoms with Gasteiger partial charge in [0, 0.05) is 32.7 Å². The minimum absolute atomic E-state index is 0.391. The van der Waals surface area contributed by atoms with Gasteiger partial charge in [0.2, 0.25) is 10.0 Å². The summed E-state index contributed by atoms with van der Waals surface area (Å²) in [7, 11) is -3.42.